The van der Waals surface area contributed by atoms with Crippen LogP contribution in [0, 0.1) is 0 Å². The lowest BCUT2D eigenvalue weighted by atomic mass is 10.5. The number of aromatic nitrogens is 3. The van der Waals surface area contributed by atoms with Crippen LogP contribution < -0.4 is 0 Å². The Morgan fingerprint density at radius 3 is 2.61 bits per heavy atom. The second kappa shape index (κ2) is 5.26. The van der Waals surface area contributed by atoms with Crippen molar-refractivity contribution in [3.63, 3.8) is 0 Å². The Bertz CT molecular complexity index is 476. The molecule has 0 radical (unpaired) electrons. The third-order valence-electron chi connectivity index (χ3n) is 2.25. The van der Waals surface area contributed by atoms with Gasteiger partial charge in [0.1, 0.15) is 6.61 Å². The van der Waals surface area contributed by atoms with Gasteiger partial charge in [0.25, 0.3) is 0 Å². The highest BCUT2D eigenvalue weighted by molar-refractivity contribution is 5.26. The van der Waals surface area contributed by atoms with E-state index in [2.05, 4.69) is 9.84 Å². The monoisotopic (exact) mass is 259 g/mol. The summed E-state index contributed by atoms with van der Waals surface area (Å²) in [6.45, 7) is -0.956. The van der Waals surface area contributed by atoms with Crippen molar-refractivity contribution in [3.8, 4) is 5.69 Å². The minimum Gasteiger partial charge on any atom is -0.370 e. The maximum atomic E-state index is 11.8. The number of hydrogen-bond donors (Lipinski definition) is 0. The van der Waals surface area contributed by atoms with Gasteiger partial charge in [-0.15, -0.1) is 0 Å². The molecule has 0 N–H and O–H groups in total. The summed E-state index contributed by atoms with van der Waals surface area (Å²) in [5.41, 5.74) is 0.857. The summed E-state index contributed by atoms with van der Waals surface area (Å²) in [7, 11) is 0. The van der Waals surface area contributed by atoms with Crippen LogP contribution in [0.4, 0.5) is 13.2 Å². The molecular weight excluding hydrogens is 247 g/mol. The number of nitrogens with zero attached hydrogens (tertiary/aromatic N) is 3. The van der Waals surface area contributed by atoms with Crippen molar-refractivity contribution in [2.45, 2.75) is 12.7 Å². The first-order valence-corrected chi connectivity index (χ1v) is 5.35. The van der Waals surface area contributed by atoms with E-state index >= 15 is 0 Å². The molecule has 2 rings (SSSR count). The predicted molar refractivity (Wildman–Crippen MR) is 58.4 cm³/mol. The van der Waals surface area contributed by atoms with Crippen LogP contribution in [-0.4, -0.2) is 33.7 Å². The molecule has 2 aromatic heterocycles. The lowest BCUT2D eigenvalue weighted by Crippen LogP contribution is -2.19. The van der Waals surface area contributed by atoms with Crippen LogP contribution in [0.1, 0.15) is 0 Å². The van der Waals surface area contributed by atoms with Gasteiger partial charge >= 0.3 is 6.18 Å². The van der Waals surface area contributed by atoms with Gasteiger partial charge in [-0.3, -0.25) is 4.68 Å². The fourth-order valence-electron chi connectivity index (χ4n) is 1.46. The normalized spacial score (nSPS) is 11.9. The molecule has 0 saturated heterocycles. The van der Waals surface area contributed by atoms with E-state index in [-0.39, 0.29) is 13.2 Å². The van der Waals surface area contributed by atoms with Crippen molar-refractivity contribution < 1.29 is 17.9 Å². The van der Waals surface area contributed by atoms with Crippen LogP contribution in [0.3, 0.4) is 0 Å². The molecule has 0 bridgehead atoms. The first-order valence-electron chi connectivity index (χ1n) is 5.35. The molecular formula is C11H12F3N3O. The highest BCUT2D eigenvalue weighted by atomic mass is 19.4. The lowest BCUT2D eigenvalue weighted by Gasteiger charge is -2.07. The van der Waals surface area contributed by atoms with Crippen molar-refractivity contribution in [2.75, 3.05) is 13.2 Å². The zero-order valence-electron chi connectivity index (χ0n) is 9.47. The van der Waals surface area contributed by atoms with Crippen molar-refractivity contribution in [3.05, 3.63) is 36.9 Å². The Morgan fingerprint density at radius 1 is 1.22 bits per heavy atom. The van der Waals surface area contributed by atoms with E-state index in [0.29, 0.717) is 0 Å². The van der Waals surface area contributed by atoms with Crippen LogP contribution in [0.2, 0.25) is 0 Å². The maximum absolute atomic E-state index is 11.8. The van der Waals surface area contributed by atoms with Crippen molar-refractivity contribution in [1.29, 1.82) is 0 Å². The van der Waals surface area contributed by atoms with E-state index in [1.807, 2.05) is 29.1 Å². The van der Waals surface area contributed by atoms with E-state index < -0.39 is 12.8 Å². The molecule has 0 fully saturated rings. The largest absolute Gasteiger partial charge is 0.411 e. The Balaban J connectivity index is 1.81. The van der Waals surface area contributed by atoms with Crippen LogP contribution in [0.15, 0.2) is 36.9 Å². The Hall–Kier alpha value is -1.76. The summed E-state index contributed by atoms with van der Waals surface area (Å²) >= 11 is 0. The SMILES string of the molecule is FC(F)(F)COCCn1cc(-n2cccc2)cn1. The summed E-state index contributed by atoms with van der Waals surface area (Å²) in [4.78, 5) is 0. The molecule has 0 unspecified atom stereocenters. The van der Waals surface area contributed by atoms with E-state index in [4.69, 9.17) is 0 Å². The zero-order valence-corrected chi connectivity index (χ0v) is 9.47. The van der Waals surface area contributed by atoms with Gasteiger partial charge in [0, 0.05) is 18.6 Å². The Labute approximate surface area is 102 Å². The molecule has 2 heterocycles. The molecule has 0 amide bonds. The minimum atomic E-state index is -4.28. The second-order valence-electron chi connectivity index (χ2n) is 3.72. The van der Waals surface area contributed by atoms with E-state index in [9.17, 15) is 13.2 Å². The fraction of sp³-hybridized carbons (Fsp3) is 0.364. The van der Waals surface area contributed by atoms with Crippen LogP contribution in [-0.2, 0) is 11.3 Å². The van der Waals surface area contributed by atoms with Gasteiger partial charge < -0.3 is 9.30 Å². The van der Waals surface area contributed by atoms with Crippen LogP contribution >= 0.6 is 0 Å². The predicted octanol–water partition coefficient (Wildman–Crippen LogP) is 2.25. The summed E-state index contributed by atoms with van der Waals surface area (Å²) in [5, 5.41) is 4.04. The molecule has 0 aliphatic rings. The minimum absolute atomic E-state index is 0.0215. The number of alkyl halides is 3. The van der Waals surface area contributed by atoms with Gasteiger partial charge in [-0.1, -0.05) is 0 Å². The summed E-state index contributed by atoms with van der Waals surface area (Å²) in [6.07, 6.45) is 2.84. The lowest BCUT2D eigenvalue weighted by molar-refractivity contribution is -0.174. The van der Waals surface area contributed by atoms with Gasteiger partial charge in [0.05, 0.1) is 25.0 Å². The number of halogens is 3. The van der Waals surface area contributed by atoms with Gasteiger partial charge in [0.2, 0.25) is 0 Å². The molecule has 7 heteroatoms. The molecule has 0 spiro atoms. The van der Waals surface area contributed by atoms with Gasteiger partial charge in [-0.05, 0) is 12.1 Å². The number of rotatable bonds is 5. The van der Waals surface area contributed by atoms with Crippen molar-refractivity contribution in [2.24, 2.45) is 0 Å². The average molecular weight is 259 g/mol. The molecule has 2 aromatic rings. The Morgan fingerprint density at radius 2 is 1.94 bits per heavy atom. The number of hydrogen-bond acceptors (Lipinski definition) is 2. The summed E-state index contributed by atoms with van der Waals surface area (Å²) in [5.74, 6) is 0. The highest BCUT2D eigenvalue weighted by Crippen LogP contribution is 2.14. The maximum Gasteiger partial charge on any atom is 0.411 e. The van der Waals surface area contributed by atoms with Crippen molar-refractivity contribution >= 4 is 0 Å². The molecule has 0 saturated carbocycles. The smallest absolute Gasteiger partial charge is 0.370 e. The Kier molecular flexibility index (Phi) is 3.71. The van der Waals surface area contributed by atoms with Gasteiger partial charge in [0.15, 0.2) is 0 Å². The van der Waals surface area contributed by atoms with E-state index in [1.54, 1.807) is 17.1 Å². The molecule has 0 aromatic carbocycles. The molecule has 0 aliphatic carbocycles. The molecule has 18 heavy (non-hydrogen) atoms. The molecule has 0 atom stereocenters. The van der Waals surface area contributed by atoms with E-state index in [1.165, 1.54) is 0 Å². The first kappa shape index (κ1) is 12.7. The van der Waals surface area contributed by atoms with E-state index in [0.717, 1.165) is 5.69 Å². The third-order valence-corrected chi connectivity index (χ3v) is 2.25. The zero-order chi connectivity index (χ0) is 13.0. The number of ether oxygens (including phenoxy) is 1. The fourth-order valence-corrected chi connectivity index (χ4v) is 1.46. The van der Waals surface area contributed by atoms with Crippen LogP contribution in [0.25, 0.3) is 5.69 Å². The van der Waals surface area contributed by atoms with Gasteiger partial charge in [-0.25, -0.2) is 0 Å². The van der Waals surface area contributed by atoms with Crippen LogP contribution in [0.5, 0.6) is 0 Å². The summed E-state index contributed by atoms with van der Waals surface area (Å²) in [6, 6.07) is 3.76. The highest BCUT2D eigenvalue weighted by Gasteiger charge is 2.27. The van der Waals surface area contributed by atoms with Gasteiger partial charge in [-0.2, -0.15) is 18.3 Å². The topological polar surface area (TPSA) is 32.0 Å². The summed E-state index contributed by atoms with van der Waals surface area (Å²) < 4.78 is 43.4. The molecule has 0 aliphatic heterocycles. The third kappa shape index (κ3) is 3.63. The standard InChI is InChI=1S/C11H12F3N3O/c12-11(13,14)9-18-6-5-17-8-10(7-15-17)16-3-1-2-4-16/h1-4,7-8H,5-6,9H2. The first-order chi connectivity index (χ1) is 8.54. The average Bonchev–Trinajstić information content (AvgIpc) is 2.93. The molecule has 4 nitrogen and oxygen atoms in total. The molecule has 98 valence electrons. The quantitative estimate of drug-likeness (QED) is 0.771. The van der Waals surface area contributed by atoms with Crippen molar-refractivity contribution in [1.82, 2.24) is 14.3 Å². The second-order valence-corrected chi connectivity index (χ2v) is 3.72.